The molecule has 2 aromatic rings. The molecular formula is C26H33Cl2N3O2S2. The second-order valence-corrected chi connectivity index (χ2v) is 12.2. The van der Waals surface area contributed by atoms with Gasteiger partial charge < -0.3 is 15.1 Å². The van der Waals surface area contributed by atoms with E-state index in [1.807, 2.05) is 45.5 Å². The smallest absolute Gasteiger partial charge is 0.317 e. The molecule has 1 aromatic carbocycles. The molecule has 35 heavy (non-hydrogen) atoms. The van der Waals surface area contributed by atoms with Crippen LogP contribution in [0.4, 0.5) is 4.79 Å². The molecule has 2 fully saturated rings. The van der Waals surface area contributed by atoms with Crippen LogP contribution in [-0.4, -0.2) is 60.2 Å². The van der Waals surface area contributed by atoms with Crippen LogP contribution in [0.15, 0.2) is 35.7 Å². The van der Waals surface area contributed by atoms with Crippen LogP contribution in [0.25, 0.3) is 0 Å². The summed E-state index contributed by atoms with van der Waals surface area (Å²) in [5.74, 6) is 3.13. The summed E-state index contributed by atoms with van der Waals surface area (Å²) in [6.45, 7) is 4.00. The summed E-state index contributed by atoms with van der Waals surface area (Å²) in [5.41, 5.74) is 0.951. The molecule has 3 amide bonds. The lowest BCUT2D eigenvalue weighted by atomic mass is 9.79. The third-order valence-corrected chi connectivity index (χ3v) is 9.69. The largest absolute Gasteiger partial charge is 0.342 e. The maximum absolute atomic E-state index is 12.6. The summed E-state index contributed by atoms with van der Waals surface area (Å²) in [5, 5.41) is 6.46. The molecule has 2 saturated heterocycles. The van der Waals surface area contributed by atoms with E-state index in [0.29, 0.717) is 34.8 Å². The standard InChI is InChI=1S/C26H33Cl2N3O2S2/c27-23-4-1-5-24(28)22(23)18-34-16-10-29-26(33)31-13-8-20(9-14-31)19-6-11-30(12-7-19)25(32)17-21-3-2-15-35-21/h1-5,15,19-20H,6-14,16-18H2,(H,29,33). The van der Waals surface area contributed by atoms with Crippen molar-refractivity contribution in [3.05, 3.63) is 56.2 Å². The van der Waals surface area contributed by atoms with Gasteiger partial charge in [0, 0.05) is 59.2 Å². The summed E-state index contributed by atoms with van der Waals surface area (Å²) in [7, 11) is 0. The van der Waals surface area contributed by atoms with E-state index in [2.05, 4.69) is 5.32 Å². The highest BCUT2D eigenvalue weighted by molar-refractivity contribution is 7.98. The quantitative estimate of drug-likeness (QED) is 0.396. The number of nitrogens with one attached hydrogen (secondary N) is 1. The first-order valence-corrected chi connectivity index (χ1v) is 15.1. The summed E-state index contributed by atoms with van der Waals surface area (Å²) in [6.07, 6.45) is 4.81. The van der Waals surface area contributed by atoms with Crippen LogP contribution in [0, 0.1) is 11.8 Å². The molecule has 1 aromatic heterocycles. The average Bonchev–Trinajstić information content (AvgIpc) is 3.38. The maximum atomic E-state index is 12.6. The van der Waals surface area contributed by atoms with Gasteiger partial charge in [-0.1, -0.05) is 35.3 Å². The van der Waals surface area contributed by atoms with Crippen molar-refractivity contribution in [3.8, 4) is 0 Å². The van der Waals surface area contributed by atoms with Crippen LogP contribution in [0.2, 0.25) is 10.0 Å². The fraction of sp³-hybridized carbons (Fsp3) is 0.538. The Morgan fingerprint density at radius 2 is 1.57 bits per heavy atom. The Morgan fingerprint density at radius 3 is 2.17 bits per heavy atom. The van der Waals surface area contributed by atoms with Crippen LogP contribution in [0.3, 0.4) is 0 Å². The van der Waals surface area contributed by atoms with Gasteiger partial charge in [-0.25, -0.2) is 4.79 Å². The van der Waals surface area contributed by atoms with E-state index in [4.69, 9.17) is 23.2 Å². The Balaban J connectivity index is 1.10. The van der Waals surface area contributed by atoms with Gasteiger partial charge in [-0.2, -0.15) is 11.8 Å². The number of carbonyl (C=O) groups excluding carboxylic acids is 2. The number of benzene rings is 1. The van der Waals surface area contributed by atoms with Gasteiger partial charge in [-0.05, 0) is 66.7 Å². The average molecular weight is 555 g/mol. The van der Waals surface area contributed by atoms with Crippen molar-refractivity contribution < 1.29 is 9.59 Å². The second kappa shape index (κ2) is 13.2. The molecule has 9 heteroatoms. The van der Waals surface area contributed by atoms with Crippen LogP contribution < -0.4 is 5.32 Å². The SMILES string of the molecule is O=C(Cc1cccs1)N1CCC(C2CCN(C(=O)NCCSCc3c(Cl)cccc3Cl)CC2)CC1. The first-order valence-electron chi connectivity index (χ1n) is 12.3. The minimum absolute atomic E-state index is 0.0359. The fourth-order valence-corrected chi connectivity index (χ4v) is 7.35. The van der Waals surface area contributed by atoms with Crippen LogP contribution >= 0.6 is 46.3 Å². The van der Waals surface area contributed by atoms with E-state index >= 15 is 0 Å². The molecule has 0 spiro atoms. The fourth-order valence-electron chi connectivity index (χ4n) is 5.05. The zero-order valence-corrected chi connectivity index (χ0v) is 23.0. The summed E-state index contributed by atoms with van der Waals surface area (Å²) in [4.78, 5) is 30.3. The highest BCUT2D eigenvalue weighted by Gasteiger charge is 2.32. The molecule has 0 aliphatic carbocycles. The van der Waals surface area contributed by atoms with Crippen molar-refractivity contribution >= 4 is 58.2 Å². The Bertz CT molecular complexity index is 953. The van der Waals surface area contributed by atoms with Gasteiger partial charge in [-0.3, -0.25) is 4.79 Å². The van der Waals surface area contributed by atoms with E-state index in [9.17, 15) is 9.59 Å². The molecule has 190 valence electrons. The van der Waals surface area contributed by atoms with Crippen molar-refractivity contribution in [1.82, 2.24) is 15.1 Å². The number of piperidine rings is 2. The Morgan fingerprint density at radius 1 is 0.943 bits per heavy atom. The molecule has 0 radical (unpaired) electrons. The van der Waals surface area contributed by atoms with Gasteiger partial charge in [0.15, 0.2) is 0 Å². The lowest BCUT2D eigenvalue weighted by molar-refractivity contribution is -0.132. The molecule has 2 aliphatic rings. The van der Waals surface area contributed by atoms with Crippen molar-refractivity contribution in [1.29, 1.82) is 0 Å². The molecule has 0 atom stereocenters. The lowest BCUT2D eigenvalue weighted by Crippen LogP contribution is -2.47. The number of halogens is 2. The summed E-state index contributed by atoms with van der Waals surface area (Å²) >= 11 is 15.8. The van der Waals surface area contributed by atoms with E-state index in [1.165, 1.54) is 0 Å². The summed E-state index contributed by atoms with van der Waals surface area (Å²) < 4.78 is 0. The predicted octanol–water partition coefficient (Wildman–Crippen LogP) is 6.19. The van der Waals surface area contributed by atoms with Gasteiger partial charge in [-0.15, -0.1) is 11.3 Å². The Hall–Kier alpha value is -1.41. The molecule has 1 N–H and O–H groups in total. The number of amides is 3. The van der Waals surface area contributed by atoms with Crippen molar-refractivity contribution in [2.24, 2.45) is 11.8 Å². The molecule has 0 unspecified atom stereocenters. The number of thiophene rings is 1. The molecule has 0 bridgehead atoms. The number of rotatable bonds is 8. The van der Waals surface area contributed by atoms with Crippen LogP contribution in [-0.2, 0) is 17.0 Å². The summed E-state index contributed by atoms with van der Waals surface area (Å²) in [6, 6.07) is 9.63. The van der Waals surface area contributed by atoms with Gasteiger partial charge in [0.25, 0.3) is 0 Å². The topological polar surface area (TPSA) is 52.7 Å². The molecule has 5 nitrogen and oxygen atoms in total. The number of carbonyl (C=O) groups is 2. The molecule has 2 aliphatic heterocycles. The van der Waals surface area contributed by atoms with Crippen molar-refractivity contribution in [2.45, 2.75) is 37.9 Å². The van der Waals surface area contributed by atoms with Gasteiger partial charge in [0.2, 0.25) is 5.91 Å². The zero-order chi connectivity index (χ0) is 24.6. The van der Waals surface area contributed by atoms with Crippen LogP contribution in [0.1, 0.15) is 36.1 Å². The second-order valence-electron chi connectivity index (χ2n) is 9.28. The van der Waals surface area contributed by atoms with Gasteiger partial charge in [0.05, 0.1) is 6.42 Å². The highest BCUT2D eigenvalue weighted by Crippen LogP contribution is 2.33. The lowest BCUT2D eigenvalue weighted by Gasteiger charge is -2.40. The number of likely N-dealkylation sites (tertiary alicyclic amines) is 2. The van der Waals surface area contributed by atoms with Gasteiger partial charge >= 0.3 is 6.03 Å². The first-order chi connectivity index (χ1) is 17.0. The van der Waals surface area contributed by atoms with E-state index < -0.39 is 0 Å². The molecule has 0 saturated carbocycles. The monoisotopic (exact) mass is 553 g/mol. The molecule has 3 heterocycles. The minimum atomic E-state index is 0.0359. The normalized spacial score (nSPS) is 17.5. The Kier molecular flexibility index (Phi) is 10.1. The van der Waals surface area contributed by atoms with Crippen LogP contribution in [0.5, 0.6) is 0 Å². The van der Waals surface area contributed by atoms with Crippen molar-refractivity contribution in [3.63, 3.8) is 0 Å². The highest BCUT2D eigenvalue weighted by atomic mass is 35.5. The van der Waals surface area contributed by atoms with Gasteiger partial charge in [0.1, 0.15) is 0 Å². The molecular weight excluding hydrogens is 521 g/mol. The van der Waals surface area contributed by atoms with Crippen molar-refractivity contribution in [2.75, 3.05) is 38.5 Å². The number of nitrogens with zero attached hydrogens (tertiary/aromatic N) is 2. The van der Waals surface area contributed by atoms with E-state index in [-0.39, 0.29) is 11.9 Å². The van der Waals surface area contributed by atoms with E-state index in [0.717, 1.165) is 73.8 Å². The third kappa shape index (κ3) is 7.54. The molecule has 4 rings (SSSR count). The number of hydrogen-bond acceptors (Lipinski definition) is 4. The third-order valence-electron chi connectivity index (χ3n) is 7.12. The predicted molar refractivity (Wildman–Crippen MR) is 148 cm³/mol. The maximum Gasteiger partial charge on any atom is 0.317 e. The number of thioether (sulfide) groups is 1. The minimum Gasteiger partial charge on any atom is -0.342 e. The zero-order valence-electron chi connectivity index (χ0n) is 19.9. The number of urea groups is 1. The number of hydrogen-bond donors (Lipinski definition) is 1. The van der Waals surface area contributed by atoms with E-state index in [1.54, 1.807) is 23.1 Å². The first kappa shape index (κ1) is 26.6. The Labute approximate surface area is 226 Å².